The molecular formula is C22H30N2. The molecule has 0 saturated carbocycles. The molecule has 1 fully saturated rings. The third kappa shape index (κ3) is 3.40. The fourth-order valence-corrected chi connectivity index (χ4v) is 4.42. The van der Waals surface area contributed by atoms with Crippen molar-refractivity contribution in [1.29, 1.82) is 0 Å². The molecule has 24 heavy (non-hydrogen) atoms. The fourth-order valence-electron chi connectivity index (χ4n) is 4.42. The molecule has 1 aliphatic heterocycles. The van der Waals surface area contributed by atoms with Crippen LogP contribution in [0, 0.1) is 0 Å². The Balaban J connectivity index is 2.00. The number of benzene rings is 2. The predicted octanol–water partition coefficient (Wildman–Crippen LogP) is 3.91. The molecule has 0 aromatic heterocycles. The summed E-state index contributed by atoms with van der Waals surface area (Å²) in [5.41, 5.74) is 2.96. The SMILES string of the molecule is CNC1CCC(C)N(C)C1(Cc1ccccc1)Cc1ccccc1. The molecule has 2 nitrogen and oxygen atoms in total. The van der Waals surface area contributed by atoms with Crippen molar-refractivity contribution in [3.05, 3.63) is 71.8 Å². The van der Waals surface area contributed by atoms with Gasteiger partial charge in [-0.25, -0.2) is 0 Å². The van der Waals surface area contributed by atoms with Crippen molar-refractivity contribution in [1.82, 2.24) is 10.2 Å². The Hall–Kier alpha value is -1.64. The molecule has 2 aromatic rings. The Bertz CT molecular complexity index is 577. The van der Waals surface area contributed by atoms with Crippen LogP contribution in [0.5, 0.6) is 0 Å². The summed E-state index contributed by atoms with van der Waals surface area (Å²) in [5, 5.41) is 3.64. The zero-order chi connectivity index (χ0) is 17.0. The van der Waals surface area contributed by atoms with Gasteiger partial charge >= 0.3 is 0 Å². The van der Waals surface area contributed by atoms with Gasteiger partial charge in [-0.2, -0.15) is 0 Å². The molecule has 1 heterocycles. The topological polar surface area (TPSA) is 15.3 Å². The van der Waals surface area contributed by atoms with Crippen molar-refractivity contribution in [2.45, 2.75) is 50.2 Å². The molecule has 2 unspecified atom stereocenters. The molecule has 1 N–H and O–H groups in total. The lowest BCUT2D eigenvalue weighted by Crippen LogP contribution is -2.67. The van der Waals surface area contributed by atoms with Crippen LogP contribution >= 0.6 is 0 Å². The first kappa shape index (κ1) is 17.2. The summed E-state index contributed by atoms with van der Waals surface area (Å²) in [6.07, 6.45) is 4.65. The molecule has 2 atom stereocenters. The minimum Gasteiger partial charge on any atom is -0.315 e. The maximum Gasteiger partial charge on any atom is 0.0442 e. The van der Waals surface area contributed by atoms with E-state index in [0.717, 1.165) is 12.8 Å². The molecule has 0 aliphatic carbocycles. The van der Waals surface area contributed by atoms with Crippen molar-refractivity contribution >= 4 is 0 Å². The van der Waals surface area contributed by atoms with Gasteiger partial charge in [-0.3, -0.25) is 4.90 Å². The molecule has 0 radical (unpaired) electrons. The average molecular weight is 322 g/mol. The van der Waals surface area contributed by atoms with Gasteiger partial charge in [-0.1, -0.05) is 60.7 Å². The summed E-state index contributed by atoms with van der Waals surface area (Å²) in [6.45, 7) is 2.37. The lowest BCUT2D eigenvalue weighted by atomic mass is 9.72. The Kier molecular flexibility index (Phi) is 5.37. The number of hydrogen-bond donors (Lipinski definition) is 1. The molecule has 1 aliphatic rings. The van der Waals surface area contributed by atoms with E-state index in [9.17, 15) is 0 Å². The van der Waals surface area contributed by atoms with Crippen molar-refractivity contribution in [3.63, 3.8) is 0 Å². The van der Waals surface area contributed by atoms with Gasteiger partial charge in [0.05, 0.1) is 0 Å². The fraction of sp³-hybridized carbons (Fsp3) is 0.455. The second-order valence-electron chi connectivity index (χ2n) is 7.31. The zero-order valence-corrected chi connectivity index (χ0v) is 15.2. The van der Waals surface area contributed by atoms with Crippen molar-refractivity contribution in [2.75, 3.05) is 14.1 Å². The molecule has 0 spiro atoms. The summed E-state index contributed by atoms with van der Waals surface area (Å²) in [5.74, 6) is 0. The first-order valence-corrected chi connectivity index (χ1v) is 9.14. The van der Waals surface area contributed by atoms with Crippen molar-refractivity contribution in [2.24, 2.45) is 0 Å². The monoisotopic (exact) mass is 322 g/mol. The van der Waals surface area contributed by atoms with E-state index in [1.807, 2.05) is 0 Å². The quantitative estimate of drug-likeness (QED) is 0.898. The van der Waals surface area contributed by atoms with E-state index < -0.39 is 0 Å². The molecule has 2 heteroatoms. The zero-order valence-electron chi connectivity index (χ0n) is 15.2. The number of nitrogens with one attached hydrogen (secondary N) is 1. The highest BCUT2D eigenvalue weighted by molar-refractivity contribution is 5.25. The first-order chi connectivity index (χ1) is 11.7. The summed E-state index contributed by atoms with van der Waals surface area (Å²) in [4.78, 5) is 2.64. The lowest BCUT2D eigenvalue weighted by Gasteiger charge is -2.54. The number of hydrogen-bond acceptors (Lipinski definition) is 2. The second-order valence-corrected chi connectivity index (χ2v) is 7.31. The lowest BCUT2D eigenvalue weighted by molar-refractivity contribution is 0.00229. The van der Waals surface area contributed by atoms with Crippen molar-refractivity contribution < 1.29 is 0 Å². The van der Waals surface area contributed by atoms with Gasteiger partial charge in [0.2, 0.25) is 0 Å². The Morgan fingerprint density at radius 1 is 0.917 bits per heavy atom. The molecular weight excluding hydrogens is 292 g/mol. The first-order valence-electron chi connectivity index (χ1n) is 9.14. The van der Waals surface area contributed by atoms with E-state index in [2.05, 4.69) is 91.9 Å². The van der Waals surface area contributed by atoms with Crippen LogP contribution in [0.15, 0.2) is 60.7 Å². The third-order valence-electron chi connectivity index (χ3n) is 5.94. The maximum atomic E-state index is 3.64. The minimum atomic E-state index is 0.106. The Labute approximate surface area is 146 Å². The van der Waals surface area contributed by atoms with Gasteiger partial charge in [-0.15, -0.1) is 0 Å². The third-order valence-corrected chi connectivity index (χ3v) is 5.94. The Morgan fingerprint density at radius 3 is 1.88 bits per heavy atom. The van der Waals surface area contributed by atoms with E-state index in [1.54, 1.807) is 0 Å². The highest BCUT2D eigenvalue weighted by Crippen LogP contribution is 2.37. The number of piperidine rings is 1. The maximum absolute atomic E-state index is 3.64. The normalized spacial score (nSPS) is 24.0. The van der Waals surface area contributed by atoms with Crippen LogP contribution in [-0.2, 0) is 12.8 Å². The molecule has 0 bridgehead atoms. The van der Waals surface area contributed by atoms with Crippen molar-refractivity contribution in [3.8, 4) is 0 Å². The molecule has 1 saturated heterocycles. The minimum absolute atomic E-state index is 0.106. The number of likely N-dealkylation sites (N-methyl/N-ethyl adjacent to an activating group) is 2. The summed E-state index contributed by atoms with van der Waals surface area (Å²) in [6, 6.07) is 23.0. The Morgan fingerprint density at radius 2 is 1.42 bits per heavy atom. The van der Waals surface area contributed by atoms with Crippen LogP contribution in [0.2, 0.25) is 0 Å². The average Bonchev–Trinajstić information content (AvgIpc) is 2.62. The van der Waals surface area contributed by atoms with Crippen LogP contribution in [0.25, 0.3) is 0 Å². The molecule has 0 amide bonds. The van der Waals surface area contributed by atoms with E-state index in [-0.39, 0.29) is 5.54 Å². The van der Waals surface area contributed by atoms with Gasteiger partial charge in [0.15, 0.2) is 0 Å². The molecule has 128 valence electrons. The van der Waals surface area contributed by atoms with Gasteiger partial charge in [0.25, 0.3) is 0 Å². The second kappa shape index (κ2) is 7.50. The highest BCUT2D eigenvalue weighted by Gasteiger charge is 2.46. The van der Waals surface area contributed by atoms with Crippen LogP contribution in [0.3, 0.4) is 0 Å². The van der Waals surface area contributed by atoms with Crippen LogP contribution in [0.4, 0.5) is 0 Å². The summed E-state index contributed by atoms with van der Waals surface area (Å²) in [7, 11) is 4.44. The van der Waals surface area contributed by atoms with Gasteiger partial charge < -0.3 is 5.32 Å². The van der Waals surface area contributed by atoms with E-state index in [1.165, 1.54) is 24.0 Å². The number of likely N-dealkylation sites (tertiary alicyclic amines) is 1. The van der Waals surface area contributed by atoms with Gasteiger partial charge in [-0.05, 0) is 57.8 Å². The number of rotatable bonds is 5. The van der Waals surface area contributed by atoms with Crippen LogP contribution < -0.4 is 5.32 Å². The van der Waals surface area contributed by atoms with Gasteiger partial charge in [0, 0.05) is 17.6 Å². The molecule has 2 aromatic carbocycles. The number of nitrogens with zero attached hydrogens (tertiary/aromatic N) is 1. The smallest absolute Gasteiger partial charge is 0.0442 e. The summed E-state index contributed by atoms with van der Waals surface area (Å²) < 4.78 is 0. The van der Waals surface area contributed by atoms with E-state index >= 15 is 0 Å². The van der Waals surface area contributed by atoms with Crippen LogP contribution in [-0.4, -0.2) is 36.6 Å². The van der Waals surface area contributed by atoms with Gasteiger partial charge in [0.1, 0.15) is 0 Å². The highest BCUT2D eigenvalue weighted by atomic mass is 15.2. The van der Waals surface area contributed by atoms with E-state index in [4.69, 9.17) is 0 Å². The molecule has 3 rings (SSSR count). The predicted molar refractivity (Wildman–Crippen MR) is 102 cm³/mol. The van der Waals surface area contributed by atoms with Crippen LogP contribution in [0.1, 0.15) is 30.9 Å². The summed E-state index contributed by atoms with van der Waals surface area (Å²) >= 11 is 0. The standard InChI is InChI=1S/C22H30N2/c1-18-14-15-21(23-2)22(24(18)3,16-19-10-6-4-7-11-19)17-20-12-8-5-9-13-20/h4-13,18,21,23H,14-17H2,1-3H3. The van der Waals surface area contributed by atoms with E-state index in [0.29, 0.717) is 12.1 Å². The largest absolute Gasteiger partial charge is 0.315 e.